The number of nitrogens with two attached hydrogens (primary N) is 1. The van der Waals surface area contributed by atoms with E-state index in [1.165, 1.54) is 12.8 Å². The summed E-state index contributed by atoms with van der Waals surface area (Å²) in [4.78, 5) is 6.90. The van der Waals surface area contributed by atoms with E-state index in [1.807, 2.05) is 0 Å². The van der Waals surface area contributed by atoms with Crippen LogP contribution in [0, 0.1) is 5.41 Å². The summed E-state index contributed by atoms with van der Waals surface area (Å²) >= 11 is 0. The standard InChI is InChI=1S/C12H25N3/c1-9(15(5)10-6-7-10)8-14-11(13)12(2,3)4/h9-10H,6-8H2,1-5H3,(H2,13,14). The number of hydrogen-bond donors (Lipinski definition) is 1. The van der Waals surface area contributed by atoms with Gasteiger partial charge >= 0.3 is 0 Å². The van der Waals surface area contributed by atoms with Crippen LogP contribution in [-0.4, -0.2) is 36.4 Å². The second-order valence-electron chi connectivity index (χ2n) is 5.72. The molecule has 1 saturated carbocycles. The highest BCUT2D eigenvalue weighted by Gasteiger charge is 2.29. The van der Waals surface area contributed by atoms with E-state index in [4.69, 9.17) is 5.73 Å². The average molecular weight is 211 g/mol. The summed E-state index contributed by atoms with van der Waals surface area (Å²) < 4.78 is 0. The predicted molar refractivity (Wildman–Crippen MR) is 66.2 cm³/mol. The van der Waals surface area contributed by atoms with Crippen LogP contribution >= 0.6 is 0 Å². The Hall–Kier alpha value is -0.570. The Morgan fingerprint density at radius 1 is 1.47 bits per heavy atom. The Balaban J connectivity index is 2.41. The van der Waals surface area contributed by atoms with Crippen molar-refractivity contribution in [2.24, 2.45) is 16.1 Å². The monoisotopic (exact) mass is 211 g/mol. The molecule has 0 radical (unpaired) electrons. The number of likely N-dealkylation sites (N-methyl/N-ethyl adjacent to an activating group) is 1. The van der Waals surface area contributed by atoms with E-state index in [0.29, 0.717) is 6.04 Å². The van der Waals surface area contributed by atoms with Gasteiger partial charge in [0.15, 0.2) is 0 Å². The largest absolute Gasteiger partial charge is 0.387 e. The van der Waals surface area contributed by atoms with Crippen LogP contribution in [0.2, 0.25) is 0 Å². The molecular weight excluding hydrogens is 186 g/mol. The fraction of sp³-hybridized carbons (Fsp3) is 0.917. The highest BCUT2D eigenvalue weighted by Crippen LogP contribution is 2.27. The molecule has 0 spiro atoms. The van der Waals surface area contributed by atoms with Gasteiger partial charge in [0.05, 0.1) is 12.4 Å². The molecule has 0 aliphatic heterocycles. The quantitative estimate of drug-likeness (QED) is 0.570. The molecule has 2 N–H and O–H groups in total. The summed E-state index contributed by atoms with van der Waals surface area (Å²) in [6, 6.07) is 1.30. The second-order valence-corrected chi connectivity index (χ2v) is 5.72. The van der Waals surface area contributed by atoms with E-state index in [1.54, 1.807) is 0 Å². The van der Waals surface area contributed by atoms with E-state index < -0.39 is 0 Å². The normalized spacial score (nSPS) is 20.8. The molecule has 15 heavy (non-hydrogen) atoms. The minimum atomic E-state index is -0.00211. The second kappa shape index (κ2) is 4.52. The van der Waals surface area contributed by atoms with Gasteiger partial charge in [-0.1, -0.05) is 20.8 Å². The maximum Gasteiger partial charge on any atom is 0.0992 e. The van der Waals surface area contributed by atoms with E-state index in [0.717, 1.165) is 18.4 Å². The summed E-state index contributed by atoms with van der Waals surface area (Å²) in [6.45, 7) is 9.33. The summed E-state index contributed by atoms with van der Waals surface area (Å²) in [7, 11) is 2.19. The van der Waals surface area contributed by atoms with Crippen LogP contribution in [0.5, 0.6) is 0 Å². The van der Waals surface area contributed by atoms with Crippen molar-refractivity contribution in [2.75, 3.05) is 13.6 Å². The van der Waals surface area contributed by atoms with E-state index in [9.17, 15) is 0 Å². The van der Waals surface area contributed by atoms with E-state index >= 15 is 0 Å². The first kappa shape index (κ1) is 12.5. The first-order chi connectivity index (χ1) is 6.82. The van der Waals surface area contributed by atoms with Gasteiger partial charge in [0.1, 0.15) is 0 Å². The molecule has 0 heterocycles. The topological polar surface area (TPSA) is 41.6 Å². The van der Waals surface area contributed by atoms with Crippen LogP contribution in [0.1, 0.15) is 40.5 Å². The lowest BCUT2D eigenvalue weighted by Gasteiger charge is -2.24. The van der Waals surface area contributed by atoms with Crippen molar-refractivity contribution >= 4 is 5.84 Å². The average Bonchev–Trinajstić information content (AvgIpc) is 2.93. The fourth-order valence-corrected chi connectivity index (χ4v) is 1.44. The number of amidine groups is 1. The molecule has 1 unspecified atom stereocenters. The van der Waals surface area contributed by atoms with Gasteiger partial charge in [0, 0.05) is 17.5 Å². The van der Waals surface area contributed by atoms with Gasteiger partial charge < -0.3 is 5.73 Å². The predicted octanol–water partition coefficient (Wildman–Crippen LogP) is 1.87. The lowest BCUT2D eigenvalue weighted by Crippen LogP contribution is -2.35. The molecule has 1 atom stereocenters. The fourth-order valence-electron chi connectivity index (χ4n) is 1.44. The minimum Gasteiger partial charge on any atom is -0.387 e. The first-order valence-corrected chi connectivity index (χ1v) is 5.84. The third-order valence-electron chi connectivity index (χ3n) is 3.11. The van der Waals surface area contributed by atoms with Crippen LogP contribution in [-0.2, 0) is 0 Å². The summed E-state index contributed by atoms with van der Waals surface area (Å²) in [5.41, 5.74) is 5.92. The van der Waals surface area contributed by atoms with Gasteiger partial charge in [-0.05, 0) is 26.8 Å². The van der Waals surface area contributed by atoms with Crippen LogP contribution < -0.4 is 5.73 Å². The molecule has 1 fully saturated rings. The molecule has 0 aromatic carbocycles. The summed E-state index contributed by atoms with van der Waals surface area (Å²) in [5, 5.41) is 0. The zero-order valence-corrected chi connectivity index (χ0v) is 10.7. The highest BCUT2D eigenvalue weighted by atomic mass is 15.2. The zero-order valence-electron chi connectivity index (χ0n) is 10.7. The molecule has 88 valence electrons. The van der Waals surface area contributed by atoms with E-state index in [2.05, 4.69) is 44.6 Å². The van der Waals surface area contributed by atoms with E-state index in [-0.39, 0.29) is 5.41 Å². The zero-order chi connectivity index (χ0) is 11.6. The van der Waals surface area contributed by atoms with Gasteiger partial charge in [0.2, 0.25) is 0 Å². The third-order valence-corrected chi connectivity index (χ3v) is 3.11. The Morgan fingerprint density at radius 3 is 2.40 bits per heavy atom. The smallest absolute Gasteiger partial charge is 0.0992 e. The molecule has 3 nitrogen and oxygen atoms in total. The van der Waals surface area contributed by atoms with Crippen LogP contribution in [0.3, 0.4) is 0 Å². The number of nitrogens with zero attached hydrogens (tertiary/aromatic N) is 2. The van der Waals surface area contributed by atoms with Crippen molar-refractivity contribution < 1.29 is 0 Å². The first-order valence-electron chi connectivity index (χ1n) is 5.84. The van der Waals surface area contributed by atoms with Crippen molar-refractivity contribution in [3.63, 3.8) is 0 Å². The van der Waals surface area contributed by atoms with Crippen LogP contribution in [0.25, 0.3) is 0 Å². The Morgan fingerprint density at radius 2 is 2.00 bits per heavy atom. The maximum atomic E-state index is 5.92. The van der Waals surface area contributed by atoms with Crippen LogP contribution in [0.4, 0.5) is 0 Å². The van der Waals surface area contributed by atoms with Crippen molar-refractivity contribution in [1.82, 2.24) is 4.90 Å². The van der Waals surface area contributed by atoms with Gasteiger partial charge in [-0.2, -0.15) is 0 Å². The molecular formula is C12H25N3. The third kappa shape index (κ3) is 3.82. The highest BCUT2D eigenvalue weighted by molar-refractivity contribution is 5.85. The Kier molecular flexibility index (Phi) is 3.77. The number of aliphatic imine (C=N–C) groups is 1. The molecule has 0 aromatic heterocycles. The lowest BCUT2D eigenvalue weighted by atomic mass is 9.95. The van der Waals surface area contributed by atoms with Gasteiger partial charge in [-0.25, -0.2) is 0 Å². The number of hydrogen-bond acceptors (Lipinski definition) is 2. The van der Waals surface area contributed by atoms with Gasteiger partial charge in [0.25, 0.3) is 0 Å². The van der Waals surface area contributed by atoms with Crippen molar-refractivity contribution in [3.05, 3.63) is 0 Å². The van der Waals surface area contributed by atoms with Gasteiger partial charge in [-0.3, -0.25) is 9.89 Å². The molecule has 0 aromatic rings. The summed E-state index contributed by atoms with van der Waals surface area (Å²) in [5.74, 6) is 0.763. The molecule has 1 rings (SSSR count). The number of rotatable bonds is 4. The summed E-state index contributed by atoms with van der Waals surface area (Å²) in [6.07, 6.45) is 2.69. The van der Waals surface area contributed by atoms with Gasteiger partial charge in [-0.15, -0.1) is 0 Å². The van der Waals surface area contributed by atoms with Crippen LogP contribution in [0.15, 0.2) is 4.99 Å². The van der Waals surface area contributed by atoms with Crippen molar-refractivity contribution in [2.45, 2.75) is 52.6 Å². The minimum absolute atomic E-state index is 0.00211. The molecule has 0 saturated heterocycles. The Bertz CT molecular complexity index is 236. The van der Waals surface area contributed by atoms with Crippen molar-refractivity contribution in [3.8, 4) is 0 Å². The maximum absolute atomic E-state index is 5.92. The van der Waals surface area contributed by atoms with Crippen molar-refractivity contribution in [1.29, 1.82) is 0 Å². The SMILES string of the molecule is CC(CN=C(N)C(C)(C)C)N(C)C1CC1. The molecule has 1 aliphatic carbocycles. The molecule has 3 heteroatoms. The Labute approximate surface area is 93.7 Å². The molecule has 0 bridgehead atoms. The molecule has 0 amide bonds. The molecule has 1 aliphatic rings. The lowest BCUT2D eigenvalue weighted by molar-refractivity contribution is 0.253.